The number of amides is 1. The lowest BCUT2D eigenvalue weighted by atomic mass is 9.93. The van der Waals surface area contributed by atoms with Gasteiger partial charge in [-0.25, -0.2) is 0 Å². The van der Waals surface area contributed by atoms with Gasteiger partial charge in [0.15, 0.2) is 0 Å². The first-order chi connectivity index (χ1) is 12.3. The van der Waals surface area contributed by atoms with Gasteiger partial charge in [0.05, 0.1) is 6.04 Å². The topological polar surface area (TPSA) is 69.7 Å². The van der Waals surface area contributed by atoms with Crippen molar-refractivity contribution in [3.05, 3.63) is 35.4 Å². The second-order valence-electron chi connectivity index (χ2n) is 7.73. The van der Waals surface area contributed by atoms with Crippen molar-refractivity contribution in [2.24, 2.45) is 5.92 Å². The van der Waals surface area contributed by atoms with Gasteiger partial charge in [-0.2, -0.15) is 17.0 Å². The number of benzene rings is 1. The minimum absolute atomic E-state index is 0.0296. The number of carbonyl (C=O) groups is 1. The van der Waals surface area contributed by atoms with Crippen LogP contribution in [0.3, 0.4) is 0 Å². The molecule has 0 aromatic heterocycles. The molecular weight excluding hydrogens is 350 g/mol. The molecule has 1 aromatic rings. The zero-order valence-electron chi connectivity index (χ0n) is 15.8. The molecule has 0 unspecified atom stereocenters. The molecule has 26 heavy (non-hydrogen) atoms. The van der Waals surface area contributed by atoms with E-state index in [1.54, 1.807) is 8.61 Å². The molecule has 0 bridgehead atoms. The monoisotopic (exact) mass is 379 g/mol. The molecule has 2 saturated heterocycles. The fourth-order valence-corrected chi connectivity index (χ4v) is 5.59. The number of hydrogen-bond donors (Lipinski definition) is 1. The molecular formula is C19H29N3O3S. The van der Waals surface area contributed by atoms with Gasteiger partial charge < -0.3 is 5.32 Å². The third kappa shape index (κ3) is 4.10. The van der Waals surface area contributed by atoms with Gasteiger partial charge in [-0.05, 0) is 31.2 Å². The maximum Gasteiger partial charge on any atom is 0.282 e. The zero-order chi connectivity index (χ0) is 18.9. The molecule has 0 saturated carbocycles. The number of nitrogens with zero attached hydrogens (tertiary/aromatic N) is 2. The van der Waals surface area contributed by atoms with Gasteiger partial charge in [-0.3, -0.25) is 4.79 Å². The van der Waals surface area contributed by atoms with Crippen molar-refractivity contribution < 1.29 is 13.2 Å². The van der Waals surface area contributed by atoms with Crippen LogP contribution in [0.5, 0.6) is 0 Å². The Morgan fingerprint density at radius 3 is 2.27 bits per heavy atom. The summed E-state index contributed by atoms with van der Waals surface area (Å²) in [5.74, 6) is 0.420. The normalized spacial score (nSPS) is 26.1. The maximum atomic E-state index is 13.1. The van der Waals surface area contributed by atoms with E-state index in [9.17, 15) is 13.2 Å². The zero-order valence-corrected chi connectivity index (χ0v) is 16.6. The average molecular weight is 380 g/mol. The lowest BCUT2D eigenvalue weighted by molar-refractivity contribution is -0.119. The van der Waals surface area contributed by atoms with Crippen molar-refractivity contribution in [3.63, 3.8) is 0 Å². The van der Waals surface area contributed by atoms with Crippen LogP contribution < -0.4 is 5.32 Å². The molecule has 6 nitrogen and oxygen atoms in total. The third-order valence-corrected chi connectivity index (χ3v) is 7.54. The highest BCUT2D eigenvalue weighted by atomic mass is 32.2. The number of hydrogen-bond acceptors (Lipinski definition) is 3. The van der Waals surface area contributed by atoms with Gasteiger partial charge in [0.2, 0.25) is 5.91 Å². The molecule has 7 heteroatoms. The summed E-state index contributed by atoms with van der Waals surface area (Å²) < 4.78 is 29.3. The van der Waals surface area contributed by atoms with Gasteiger partial charge in [0.1, 0.15) is 0 Å². The Kier molecular flexibility index (Phi) is 5.69. The standard InChI is InChI=1S/C19H29N3O3S/c1-14-4-6-17(7-5-14)18-12-22(13-19(18)20-16(3)23)26(24,25)21-10-8-15(2)9-11-21/h4-7,15,18-19H,8-13H2,1-3H3,(H,20,23)/t18-,19+/m1/s1. The molecule has 0 radical (unpaired) electrons. The minimum atomic E-state index is -3.49. The summed E-state index contributed by atoms with van der Waals surface area (Å²) >= 11 is 0. The van der Waals surface area contributed by atoms with Crippen LogP contribution in [-0.2, 0) is 15.0 Å². The Morgan fingerprint density at radius 1 is 1.08 bits per heavy atom. The van der Waals surface area contributed by atoms with Crippen LogP contribution in [-0.4, -0.2) is 55.2 Å². The van der Waals surface area contributed by atoms with Crippen LogP contribution in [0.4, 0.5) is 0 Å². The van der Waals surface area contributed by atoms with Crippen LogP contribution in [0.2, 0.25) is 0 Å². The van der Waals surface area contributed by atoms with Crippen LogP contribution >= 0.6 is 0 Å². The van der Waals surface area contributed by atoms with Crippen molar-refractivity contribution in [2.75, 3.05) is 26.2 Å². The first-order valence-corrected chi connectivity index (χ1v) is 10.8. The van der Waals surface area contributed by atoms with Crippen LogP contribution in [0.1, 0.15) is 43.7 Å². The second-order valence-corrected chi connectivity index (χ2v) is 9.66. The Balaban J connectivity index is 1.81. The van der Waals surface area contributed by atoms with Crippen molar-refractivity contribution >= 4 is 16.1 Å². The van der Waals surface area contributed by atoms with E-state index in [2.05, 4.69) is 12.2 Å². The molecule has 2 heterocycles. The molecule has 2 aliphatic heterocycles. The molecule has 1 amide bonds. The van der Waals surface area contributed by atoms with Gasteiger partial charge in [-0.15, -0.1) is 0 Å². The highest BCUT2D eigenvalue weighted by Gasteiger charge is 2.42. The van der Waals surface area contributed by atoms with Gasteiger partial charge >= 0.3 is 0 Å². The molecule has 2 atom stereocenters. The maximum absolute atomic E-state index is 13.1. The minimum Gasteiger partial charge on any atom is -0.352 e. The first-order valence-electron chi connectivity index (χ1n) is 9.36. The molecule has 144 valence electrons. The predicted octanol–water partition coefficient (Wildman–Crippen LogP) is 1.88. The van der Waals surface area contributed by atoms with E-state index in [4.69, 9.17) is 0 Å². The van der Waals surface area contributed by atoms with E-state index in [0.717, 1.165) is 24.0 Å². The molecule has 1 aromatic carbocycles. The van der Waals surface area contributed by atoms with E-state index in [0.29, 0.717) is 32.1 Å². The van der Waals surface area contributed by atoms with Crippen LogP contribution in [0, 0.1) is 12.8 Å². The molecule has 2 aliphatic rings. The summed E-state index contributed by atoms with van der Waals surface area (Å²) in [5, 5.41) is 2.95. The number of rotatable bonds is 4. The van der Waals surface area contributed by atoms with Crippen molar-refractivity contribution in [3.8, 4) is 0 Å². The van der Waals surface area contributed by atoms with Gasteiger partial charge in [0, 0.05) is 39.0 Å². The molecule has 2 fully saturated rings. The summed E-state index contributed by atoms with van der Waals surface area (Å²) in [5.41, 5.74) is 2.23. The first kappa shape index (κ1) is 19.3. The molecule has 0 aliphatic carbocycles. The lowest BCUT2D eigenvalue weighted by Gasteiger charge is -2.32. The largest absolute Gasteiger partial charge is 0.352 e. The SMILES string of the molecule is CC(=O)N[C@H]1CN(S(=O)(=O)N2CCC(C)CC2)C[C@@H]1c1ccc(C)cc1. The molecule has 1 N–H and O–H groups in total. The molecule has 3 rings (SSSR count). The fraction of sp³-hybridized carbons (Fsp3) is 0.632. The number of aryl methyl sites for hydroxylation is 1. The lowest BCUT2D eigenvalue weighted by Crippen LogP contribution is -2.47. The quantitative estimate of drug-likeness (QED) is 0.868. The molecule has 0 spiro atoms. The van der Waals surface area contributed by atoms with E-state index in [1.165, 1.54) is 6.92 Å². The summed E-state index contributed by atoms with van der Waals surface area (Å²) in [7, 11) is -3.49. The highest BCUT2D eigenvalue weighted by Crippen LogP contribution is 2.31. The number of nitrogens with one attached hydrogen (secondary N) is 1. The van der Waals surface area contributed by atoms with Gasteiger partial charge in [0.25, 0.3) is 10.2 Å². The van der Waals surface area contributed by atoms with Crippen molar-refractivity contribution in [2.45, 2.75) is 45.6 Å². The Hall–Kier alpha value is -1.44. The smallest absolute Gasteiger partial charge is 0.282 e. The van der Waals surface area contributed by atoms with Gasteiger partial charge in [-0.1, -0.05) is 36.8 Å². The summed E-state index contributed by atoms with van der Waals surface area (Å²) in [6.45, 7) is 7.57. The van der Waals surface area contributed by atoms with Crippen LogP contribution in [0.25, 0.3) is 0 Å². The summed E-state index contributed by atoms with van der Waals surface area (Å²) in [4.78, 5) is 11.6. The highest BCUT2D eigenvalue weighted by molar-refractivity contribution is 7.86. The fourth-order valence-electron chi connectivity index (χ4n) is 3.89. The Labute approximate surface area is 156 Å². The summed E-state index contributed by atoms with van der Waals surface area (Å²) in [6, 6.07) is 7.93. The number of carbonyl (C=O) groups excluding carboxylic acids is 1. The third-order valence-electron chi connectivity index (χ3n) is 5.58. The van der Waals surface area contributed by atoms with E-state index in [1.807, 2.05) is 31.2 Å². The number of piperidine rings is 1. The van der Waals surface area contributed by atoms with Crippen molar-refractivity contribution in [1.82, 2.24) is 13.9 Å². The Bertz CT molecular complexity index is 740. The second kappa shape index (κ2) is 7.66. The van der Waals surface area contributed by atoms with E-state index >= 15 is 0 Å². The predicted molar refractivity (Wildman–Crippen MR) is 102 cm³/mol. The Morgan fingerprint density at radius 2 is 1.69 bits per heavy atom. The van der Waals surface area contributed by atoms with Crippen molar-refractivity contribution in [1.29, 1.82) is 0 Å². The summed E-state index contributed by atoms with van der Waals surface area (Å²) in [6.07, 6.45) is 1.81. The average Bonchev–Trinajstić information content (AvgIpc) is 3.00. The van der Waals surface area contributed by atoms with Crippen LogP contribution in [0.15, 0.2) is 24.3 Å². The van der Waals surface area contributed by atoms with E-state index in [-0.39, 0.29) is 17.9 Å². The van der Waals surface area contributed by atoms with E-state index < -0.39 is 10.2 Å².